The number of benzene rings is 1. The predicted molar refractivity (Wildman–Crippen MR) is 85.6 cm³/mol. The van der Waals surface area contributed by atoms with Crippen LogP contribution in [0, 0.1) is 26.2 Å². The highest BCUT2D eigenvalue weighted by molar-refractivity contribution is 5.75. The number of rotatable bonds is 4. The molecule has 1 aliphatic heterocycles. The van der Waals surface area contributed by atoms with Crippen LogP contribution in [0.5, 0.6) is 0 Å². The molecular formula is C18H27NO2. The van der Waals surface area contributed by atoms with Gasteiger partial charge >= 0.3 is 5.97 Å². The van der Waals surface area contributed by atoms with Crippen molar-refractivity contribution in [3.05, 3.63) is 34.4 Å². The van der Waals surface area contributed by atoms with Gasteiger partial charge < -0.3 is 5.11 Å². The van der Waals surface area contributed by atoms with Crippen LogP contribution in [-0.2, 0) is 4.79 Å². The number of hydrogen-bond acceptors (Lipinski definition) is 2. The van der Waals surface area contributed by atoms with Gasteiger partial charge in [0.05, 0.1) is 5.41 Å². The second kappa shape index (κ2) is 5.80. The lowest BCUT2D eigenvalue weighted by atomic mass is 9.84. The highest BCUT2D eigenvalue weighted by atomic mass is 16.4. The molecule has 21 heavy (non-hydrogen) atoms. The van der Waals surface area contributed by atoms with Crippen LogP contribution in [0.1, 0.15) is 55.0 Å². The summed E-state index contributed by atoms with van der Waals surface area (Å²) in [6, 6.07) is 4.72. The summed E-state index contributed by atoms with van der Waals surface area (Å²) in [5.74, 6) is -0.642. The Bertz CT molecular complexity index is 529. The minimum absolute atomic E-state index is 0.276. The predicted octanol–water partition coefficient (Wildman–Crippen LogP) is 3.86. The monoisotopic (exact) mass is 289 g/mol. The van der Waals surface area contributed by atoms with E-state index >= 15 is 0 Å². The van der Waals surface area contributed by atoms with Crippen LogP contribution in [0.15, 0.2) is 12.1 Å². The fourth-order valence-corrected chi connectivity index (χ4v) is 3.88. The first kappa shape index (κ1) is 16.0. The molecule has 1 fully saturated rings. The fraction of sp³-hybridized carbons (Fsp3) is 0.611. The van der Waals surface area contributed by atoms with Crippen molar-refractivity contribution in [3.8, 4) is 0 Å². The Morgan fingerprint density at radius 2 is 1.90 bits per heavy atom. The van der Waals surface area contributed by atoms with Gasteiger partial charge in [0.25, 0.3) is 0 Å². The molecule has 3 nitrogen and oxygen atoms in total. The molecule has 1 N–H and O–H groups in total. The maximum Gasteiger partial charge on any atom is 0.310 e. The van der Waals surface area contributed by atoms with Crippen molar-refractivity contribution < 1.29 is 9.90 Å². The molecule has 1 aliphatic rings. The van der Waals surface area contributed by atoms with Crippen molar-refractivity contribution in [1.82, 2.24) is 4.90 Å². The van der Waals surface area contributed by atoms with E-state index in [0.717, 1.165) is 13.0 Å². The van der Waals surface area contributed by atoms with Gasteiger partial charge in [0.2, 0.25) is 0 Å². The Hall–Kier alpha value is -1.35. The molecule has 0 spiro atoms. The number of aliphatic carboxylic acids is 1. The third-order valence-electron chi connectivity index (χ3n) is 5.22. The van der Waals surface area contributed by atoms with Gasteiger partial charge in [-0.05, 0) is 63.8 Å². The first-order chi connectivity index (χ1) is 9.80. The quantitative estimate of drug-likeness (QED) is 0.915. The van der Waals surface area contributed by atoms with E-state index in [-0.39, 0.29) is 6.04 Å². The Balaban J connectivity index is 2.27. The number of nitrogens with zero attached hydrogens (tertiary/aromatic N) is 1. The summed E-state index contributed by atoms with van der Waals surface area (Å²) in [6.45, 7) is 12.2. The van der Waals surface area contributed by atoms with Crippen molar-refractivity contribution in [1.29, 1.82) is 0 Å². The summed E-state index contributed by atoms with van der Waals surface area (Å²) in [5.41, 5.74) is 4.71. The Kier molecular flexibility index (Phi) is 4.43. The minimum Gasteiger partial charge on any atom is -0.481 e. The van der Waals surface area contributed by atoms with Crippen molar-refractivity contribution >= 4 is 5.97 Å². The number of carbonyl (C=O) groups is 1. The summed E-state index contributed by atoms with van der Waals surface area (Å²) in [6.07, 6.45) is 1.46. The Morgan fingerprint density at radius 1 is 1.33 bits per heavy atom. The van der Waals surface area contributed by atoms with Crippen molar-refractivity contribution in [2.24, 2.45) is 5.41 Å². The van der Waals surface area contributed by atoms with Gasteiger partial charge in [0, 0.05) is 12.6 Å². The van der Waals surface area contributed by atoms with Gasteiger partial charge in [-0.25, -0.2) is 0 Å². The van der Waals surface area contributed by atoms with E-state index in [1.54, 1.807) is 0 Å². The maximum absolute atomic E-state index is 11.6. The molecule has 116 valence electrons. The molecule has 1 aromatic rings. The van der Waals surface area contributed by atoms with Gasteiger partial charge in [-0.2, -0.15) is 0 Å². The van der Waals surface area contributed by atoms with Crippen LogP contribution in [-0.4, -0.2) is 29.1 Å². The third-order valence-corrected chi connectivity index (χ3v) is 5.22. The average molecular weight is 289 g/mol. The zero-order chi connectivity index (χ0) is 15.8. The van der Waals surface area contributed by atoms with E-state index in [0.29, 0.717) is 13.0 Å². The first-order valence-electron chi connectivity index (χ1n) is 7.86. The molecule has 0 bridgehead atoms. The summed E-state index contributed by atoms with van der Waals surface area (Å²) in [7, 11) is 0. The van der Waals surface area contributed by atoms with E-state index in [9.17, 15) is 9.90 Å². The average Bonchev–Trinajstić information content (AvgIpc) is 2.83. The number of likely N-dealkylation sites (tertiary alicyclic amines) is 1. The maximum atomic E-state index is 11.6. The molecule has 0 aromatic heterocycles. The summed E-state index contributed by atoms with van der Waals surface area (Å²) >= 11 is 0. The summed E-state index contributed by atoms with van der Waals surface area (Å²) in [5, 5.41) is 9.55. The number of aryl methyl sites for hydroxylation is 3. The van der Waals surface area contributed by atoms with Gasteiger partial charge in [0.1, 0.15) is 0 Å². The molecule has 1 saturated heterocycles. The second-order valence-electron chi connectivity index (χ2n) is 6.65. The molecule has 2 atom stereocenters. The molecule has 0 saturated carbocycles. The van der Waals surface area contributed by atoms with Crippen molar-refractivity contribution in [2.75, 3.05) is 13.1 Å². The van der Waals surface area contributed by atoms with Gasteiger partial charge in [-0.1, -0.05) is 24.6 Å². The standard InChI is InChI=1S/C18H27NO2/c1-6-18(17(20)21)7-8-19(11-18)15(5)16-13(3)9-12(2)10-14(16)4/h9-10,15H,6-8,11H2,1-5H3,(H,20,21). The normalized spacial score (nSPS) is 24.2. The molecular weight excluding hydrogens is 262 g/mol. The number of carboxylic acids is 1. The molecule has 3 heteroatoms. The molecule has 0 radical (unpaired) electrons. The molecule has 2 rings (SSSR count). The van der Waals surface area contributed by atoms with E-state index in [2.05, 4.69) is 44.7 Å². The topological polar surface area (TPSA) is 40.5 Å². The smallest absolute Gasteiger partial charge is 0.310 e. The highest BCUT2D eigenvalue weighted by Gasteiger charge is 2.44. The lowest BCUT2D eigenvalue weighted by molar-refractivity contribution is -0.148. The van der Waals surface area contributed by atoms with Gasteiger partial charge in [-0.3, -0.25) is 9.69 Å². The molecule has 0 amide bonds. The molecule has 2 unspecified atom stereocenters. The molecule has 1 aromatic carbocycles. The first-order valence-corrected chi connectivity index (χ1v) is 7.86. The number of carboxylic acid groups (broad SMARTS) is 1. The second-order valence-corrected chi connectivity index (χ2v) is 6.65. The van der Waals surface area contributed by atoms with Crippen molar-refractivity contribution in [2.45, 2.75) is 53.5 Å². The van der Waals surface area contributed by atoms with Crippen LogP contribution in [0.4, 0.5) is 0 Å². The fourth-order valence-electron chi connectivity index (χ4n) is 3.88. The van der Waals surface area contributed by atoms with E-state index in [1.807, 2.05) is 6.92 Å². The van der Waals surface area contributed by atoms with Crippen LogP contribution < -0.4 is 0 Å². The largest absolute Gasteiger partial charge is 0.481 e. The lowest BCUT2D eigenvalue weighted by Gasteiger charge is -2.29. The number of hydrogen-bond donors (Lipinski definition) is 1. The lowest BCUT2D eigenvalue weighted by Crippen LogP contribution is -2.35. The van der Waals surface area contributed by atoms with Gasteiger partial charge in [0.15, 0.2) is 0 Å². The van der Waals surface area contributed by atoms with Crippen LogP contribution in [0.2, 0.25) is 0 Å². The third kappa shape index (κ3) is 2.84. The zero-order valence-electron chi connectivity index (χ0n) is 13.9. The Labute approximate surface area is 128 Å². The van der Waals surface area contributed by atoms with E-state index in [1.165, 1.54) is 22.3 Å². The Morgan fingerprint density at radius 3 is 2.33 bits per heavy atom. The molecule has 1 heterocycles. The zero-order valence-corrected chi connectivity index (χ0v) is 13.9. The molecule has 0 aliphatic carbocycles. The summed E-state index contributed by atoms with van der Waals surface area (Å²) < 4.78 is 0. The minimum atomic E-state index is -0.642. The summed E-state index contributed by atoms with van der Waals surface area (Å²) in [4.78, 5) is 13.9. The van der Waals surface area contributed by atoms with Crippen molar-refractivity contribution in [3.63, 3.8) is 0 Å². The van der Waals surface area contributed by atoms with E-state index < -0.39 is 11.4 Å². The highest BCUT2D eigenvalue weighted by Crippen LogP contribution is 2.39. The SMILES string of the molecule is CCC1(C(=O)O)CCN(C(C)c2c(C)cc(C)cc2C)C1. The van der Waals surface area contributed by atoms with Crippen LogP contribution >= 0.6 is 0 Å². The van der Waals surface area contributed by atoms with Gasteiger partial charge in [-0.15, -0.1) is 0 Å². The van der Waals surface area contributed by atoms with E-state index in [4.69, 9.17) is 0 Å². The van der Waals surface area contributed by atoms with Crippen LogP contribution in [0.3, 0.4) is 0 Å². The van der Waals surface area contributed by atoms with Crippen LogP contribution in [0.25, 0.3) is 0 Å².